The fourth-order valence-electron chi connectivity index (χ4n) is 4.73. The van der Waals surface area contributed by atoms with Crippen LogP contribution in [0.4, 0.5) is 10.1 Å². The summed E-state index contributed by atoms with van der Waals surface area (Å²) in [4.78, 5) is 13.3. The van der Waals surface area contributed by atoms with Crippen LogP contribution >= 0.6 is 0 Å². The van der Waals surface area contributed by atoms with E-state index in [9.17, 15) is 15.0 Å². The number of aliphatic hydroxyl groups is 2. The van der Waals surface area contributed by atoms with Gasteiger partial charge in [-0.05, 0) is 48.7 Å². The summed E-state index contributed by atoms with van der Waals surface area (Å²) in [5.74, 6) is 0.612. The van der Waals surface area contributed by atoms with E-state index in [1.165, 1.54) is 6.07 Å². The summed E-state index contributed by atoms with van der Waals surface area (Å²) < 4.78 is 27.9. The molecule has 2 aromatic carbocycles. The second kappa shape index (κ2) is 7.99. The molecular weight excluding hydrogens is 439 g/mol. The van der Waals surface area contributed by atoms with Gasteiger partial charge in [-0.3, -0.25) is 4.79 Å². The third-order valence-corrected chi connectivity index (χ3v) is 6.69. The van der Waals surface area contributed by atoms with Crippen molar-refractivity contribution >= 4 is 22.5 Å². The summed E-state index contributed by atoms with van der Waals surface area (Å²) in [6.07, 6.45) is 0.395. The van der Waals surface area contributed by atoms with Gasteiger partial charge in [0.2, 0.25) is 12.7 Å². The van der Waals surface area contributed by atoms with E-state index in [1.54, 1.807) is 10.6 Å². The Balaban J connectivity index is 0.00000180. The number of benzene rings is 2. The normalized spacial score (nSPS) is 17.1. The molecule has 1 unspecified atom stereocenters. The molecule has 1 amide bonds. The van der Waals surface area contributed by atoms with Crippen LogP contribution in [0, 0.1) is 5.82 Å². The number of hydrogen-bond acceptors (Lipinski definition) is 5. The number of amides is 1. The Morgan fingerprint density at radius 3 is 2.62 bits per heavy atom. The van der Waals surface area contributed by atoms with Crippen LogP contribution in [-0.4, -0.2) is 40.2 Å². The molecule has 1 fully saturated rings. The maximum Gasteiger partial charge on any atom is 0.235 e. The predicted octanol–water partition coefficient (Wildman–Crippen LogP) is 4.32. The lowest BCUT2D eigenvalue weighted by molar-refractivity contribution is -0.118. The monoisotopic (exact) mass is 472 g/mol. The summed E-state index contributed by atoms with van der Waals surface area (Å²) in [7, 11) is 0. The number of aliphatic hydroxyl groups excluding tert-OH is 2. The maximum atomic E-state index is 15.4. The van der Waals surface area contributed by atoms with E-state index in [1.807, 2.05) is 45.0 Å². The van der Waals surface area contributed by atoms with Crippen molar-refractivity contribution in [3.05, 3.63) is 53.5 Å². The highest BCUT2D eigenvalue weighted by molar-refractivity contribution is 6.02. The van der Waals surface area contributed by atoms with E-state index < -0.39 is 23.9 Å². The van der Waals surface area contributed by atoms with Gasteiger partial charge < -0.3 is 29.6 Å². The summed E-state index contributed by atoms with van der Waals surface area (Å²) in [5, 5.41) is 22.9. The number of halogens is 1. The quantitative estimate of drug-likeness (QED) is 0.497. The zero-order chi connectivity index (χ0) is 24.3. The minimum Gasteiger partial charge on any atom is -0.454 e. The number of carbonyl (C=O) groups is 1. The number of ether oxygens (including phenoxy) is 2. The van der Waals surface area contributed by atoms with Crippen molar-refractivity contribution in [3.63, 3.8) is 0 Å². The number of carbonyl (C=O) groups excluding carboxylic acids is 1. The lowest BCUT2D eigenvalue weighted by Gasteiger charge is -2.23. The second-order valence-corrected chi connectivity index (χ2v) is 10.2. The van der Waals surface area contributed by atoms with Gasteiger partial charge in [-0.15, -0.1) is 0 Å². The molecule has 1 aliphatic heterocycles. The highest BCUT2D eigenvalue weighted by Gasteiger charge is 2.51. The summed E-state index contributed by atoms with van der Waals surface area (Å²) in [5.41, 5.74) is 1.42. The van der Waals surface area contributed by atoms with Crippen molar-refractivity contribution in [1.29, 1.82) is 0 Å². The fraction of sp³-hybridized carbons (Fsp3) is 0.423. The standard InChI is InChI=1S/C26H29FN2O5.2H2/c1-25(2,3)22-9-15-8-17(11-19(27)23(15)29(22)12-18(31)13-30)28-24(32)26(6-7-26)16-4-5-20-21(10-16)34-14-33-20;;/h4-5,8-11,18,30-31H,6-7,12-14H2,1-3H3,(H,28,32);2*1H. The van der Waals surface area contributed by atoms with Crippen molar-refractivity contribution < 1.29 is 31.7 Å². The SMILES string of the molecule is CC(C)(C)c1cc2cc(NC(=O)C3(c4ccc5c(c4)OCO5)CC3)cc(F)c2n1CC(O)CO.[HH].[HH]. The second-order valence-electron chi connectivity index (χ2n) is 10.2. The van der Waals surface area contributed by atoms with Gasteiger partial charge in [-0.2, -0.15) is 0 Å². The van der Waals surface area contributed by atoms with Crippen molar-refractivity contribution in [2.45, 2.75) is 57.1 Å². The van der Waals surface area contributed by atoms with E-state index in [4.69, 9.17) is 9.47 Å². The third kappa shape index (κ3) is 3.80. The molecule has 3 N–H and O–H groups in total. The fourth-order valence-corrected chi connectivity index (χ4v) is 4.73. The van der Waals surface area contributed by atoms with Crippen LogP contribution in [0.25, 0.3) is 10.9 Å². The number of rotatable bonds is 6. The van der Waals surface area contributed by atoms with Crippen LogP contribution in [0.3, 0.4) is 0 Å². The van der Waals surface area contributed by atoms with Crippen LogP contribution in [0.15, 0.2) is 36.4 Å². The number of hydrogen-bond donors (Lipinski definition) is 3. The minimum atomic E-state index is -1.01. The molecule has 1 aliphatic carbocycles. The first-order chi connectivity index (χ1) is 16.1. The Morgan fingerprint density at radius 2 is 1.94 bits per heavy atom. The van der Waals surface area contributed by atoms with Crippen molar-refractivity contribution in [2.75, 3.05) is 18.7 Å². The average Bonchev–Trinajstić information content (AvgIpc) is 3.31. The Hall–Kier alpha value is -3.10. The van der Waals surface area contributed by atoms with Crippen LogP contribution in [-0.2, 0) is 22.2 Å². The summed E-state index contributed by atoms with van der Waals surface area (Å²) in [6, 6.07) is 10.5. The Bertz CT molecular complexity index is 1280. The van der Waals surface area contributed by atoms with Gasteiger partial charge in [0.1, 0.15) is 5.82 Å². The molecule has 0 saturated heterocycles. The smallest absolute Gasteiger partial charge is 0.235 e. The largest absolute Gasteiger partial charge is 0.454 e. The van der Waals surface area contributed by atoms with Gasteiger partial charge in [0.05, 0.1) is 30.2 Å². The Labute approximate surface area is 200 Å². The lowest BCUT2D eigenvalue weighted by Crippen LogP contribution is -2.28. The predicted molar refractivity (Wildman–Crippen MR) is 130 cm³/mol. The van der Waals surface area contributed by atoms with Crippen molar-refractivity contribution in [1.82, 2.24) is 4.57 Å². The molecule has 1 atom stereocenters. The summed E-state index contributed by atoms with van der Waals surface area (Å²) >= 11 is 0. The number of nitrogens with zero attached hydrogens (tertiary/aromatic N) is 1. The Morgan fingerprint density at radius 1 is 1.21 bits per heavy atom. The highest BCUT2D eigenvalue weighted by atomic mass is 19.1. The molecule has 3 aromatic rings. The van der Waals surface area contributed by atoms with Gasteiger partial charge in [-0.25, -0.2) is 4.39 Å². The van der Waals surface area contributed by atoms with E-state index in [0.29, 0.717) is 40.9 Å². The summed E-state index contributed by atoms with van der Waals surface area (Å²) in [6.45, 7) is 5.84. The van der Waals surface area contributed by atoms with Crippen LogP contribution in [0.2, 0.25) is 0 Å². The van der Waals surface area contributed by atoms with Crippen LogP contribution < -0.4 is 14.8 Å². The number of nitrogens with one attached hydrogen (secondary N) is 1. The van der Waals surface area contributed by atoms with Crippen LogP contribution in [0.5, 0.6) is 11.5 Å². The first-order valence-corrected chi connectivity index (χ1v) is 11.5. The van der Waals surface area contributed by atoms with E-state index in [-0.39, 0.29) is 27.5 Å². The molecule has 0 radical (unpaired) electrons. The molecule has 34 heavy (non-hydrogen) atoms. The highest BCUT2D eigenvalue weighted by Crippen LogP contribution is 2.51. The molecule has 5 rings (SSSR count). The first-order valence-electron chi connectivity index (χ1n) is 11.5. The minimum absolute atomic E-state index is 0. The number of fused-ring (bicyclic) bond motifs is 2. The molecule has 184 valence electrons. The van der Waals surface area contributed by atoms with Gasteiger partial charge >= 0.3 is 0 Å². The molecule has 2 heterocycles. The molecular formula is C26H33FN2O5. The maximum absolute atomic E-state index is 15.4. The van der Waals surface area contributed by atoms with Gasteiger partial charge in [-0.1, -0.05) is 26.8 Å². The van der Waals surface area contributed by atoms with Gasteiger partial charge in [0.15, 0.2) is 11.5 Å². The Kier molecular flexibility index (Phi) is 5.33. The number of anilines is 1. The molecule has 2 aliphatic rings. The average molecular weight is 473 g/mol. The van der Waals surface area contributed by atoms with Crippen LogP contribution in [0.1, 0.15) is 47.7 Å². The molecule has 8 heteroatoms. The van der Waals surface area contributed by atoms with E-state index >= 15 is 4.39 Å². The van der Waals surface area contributed by atoms with Gasteiger partial charge in [0, 0.05) is 25.0 Å². The topological polar surface area (TPSA) is 93.0 Å². The molecule has 0 spiro atoms. The number of aromatic nitrogens is 1. The molecule has 0 bridgehead atoms. The zero-order valence-electron chi connectivity index (χ0n) is 19.5. The van der Waals surface area contributed by atoms with Gasteiger partial charge in [0.25, 0.3) is 0 Å². The molecule has 1 saturated carbocycles. The zero-order valence-corrected chi connectivity index (χ0v) is 19.5. The van der Waals surface area contributed by atoms with E-state index in [0.717, 1.165) is 11.3 Å². The molecule has 1 aromatic heterocycles. The van der Waals surface area contributed by atoms with Crippen molar-refractivity contribution in [2.24, 2.45) is 0 Å². The van der Waals surface area contributed by atoms with Crippen molar-refractivity contribution in [3.8, 4) is 11.5 Å². The van der Waals surface area contributed by atoms with E-state index in [2.05, 4.69) is 5.32 Å². The first kappa shape index (κ1) is 22.7. The third-order valence-electron chi connectivity index (χ3n) is 6.69. The molecule has 7 nitrogen and oxygen atoms in total. The lowest BCUT2D eigenvalue weighted by atomic mass is 9.92.